The summed E-state index contributed by atoms with van der Waals surface area (Å²) in [6, 6.07) is 18.8. The van der Waals surface area contributed by atoms with Crippen LogP contribution in [0.5, 0.6) is 5.75 Å². The second-order valence-electron chi connectivity index (χ2n) is 6.19. The number of benzene rings is 3. The normalized spacial score (nSPS) is 11.1. The van der Waals surface area contributed by atoms with Crippen LogP contribution in [0.3, 0.4) is 0 Å². The van der Waals surface area contributed by atoms with Crippen molar-refractivity contribution >= 4 is 63.1 Å². The molecule has 0 amide bonds. The van der Waals surface area contributed by atoms with E-state index in [1.807, 2.05) is 24.3 Å². The van der Waals surface area contributed by atoms with Gasteiger partial charge in [-0.1, -0.05) is 35.3 Å². The number of ether oxygens (including phenoxy) is 1. The van der Waals surface area contributed by atoms with E-state index in [-0.39, 0.29) is 5.69 Å². The monoisotopic (exact) mass is 550 g/mol. The Morgan fingerprint density at radius 1 is 1.13 bits per heavy atom. The smallest absolute Gasteiger partial charge is 0.269 e. The van der Waals surface area contributed by atoms with Gasteiger partial charge in [0, 0.05) is 27.7 Å². The van der Waals surface area contributed by atoms with Gasteiger partial charge in [-0.3, -0.25) is 10.1 Å². The first kappa shape index (κ1) is 22.1. The predicted molar refractivity (Wildman–Crippen MR) is 127 cm³/mol. The first-order valence-corrected chi connectivity index (χ1v) is 10.4. The van der Waals surface area contributed by atoms with Crippen molar-refractivity contribution in [2.24, 2.45) is 0 Å². The number of hydrogen-bond acceptors (Lipinski definition) is 4. The zero-order valence-electron chi connectivity index (χ0n) is 15.3. The van der Waals surface area contributed by atoms with Crippen LogP contribution in [0.25, 0.3) is 11.6 Å². The Morgan fingerprint density at radius 3 is 2.47 bits per heavy atom. The molecule has 0 unspecified atom stereocenters. The third-order valence-corrected chi connectivity index (χ3v) is 5.60. The fraction of sp³-hybridized carbons (Fsp3) is 0.0455. The molecular weight excluding hydrogens is 538 g/mol. The summed E-state index contributed by atoms with van der Waals surface area (Å²) < 4.78 is 6.73. The van der Waals surface area contributed by atoms with E-state index in [0.29, 0.717) is 33.5 Å². The standard InChI is InChI=1S/C22H13Cl2IN2O3/c23-18-5-2-16(20(24)11-18)13-30-22-8-1-14(10-21(22)25)9-17(12-26)15-3-6-19(7-4-15)27(28)29/h1-11H,13H2/b17-9-. The second-order valence-corrected chi connectivity index (χ2v) is 8.19. The predicted octanol–water partition coefficient (Wildman–Crippen LogP) is 7.15. The summed E-state index contributed by atoms with van der Waals surface area (Å²) in [7, 11) is 0. The van der Waals surface area contributed by atoms with Crippen molar-refractivity contribution in [2.45, 2.75) is 6.61 Å². The molecule has 8 heteroatoms. The zero-order chi connectivity index (χ0) is 21.7. The lowest BCUT2D eigenvalue weighted by molar-refractivity contribution is -0.384. The van der Waals surface area contributed by atoms with E-state index in [0.717, 1.165) is 14.7 Å². The molecule has 0 saturated carbocycles. The number of nitriles is 1. The van der Waals surface area contributed by atoms with Crippen LogP contribution >= 0.6 is 45.8 Å². The minimum Gasteiger partial charge on any atom is -0.488 e. The molecule has 3 rings (SSSR count). The molecule has 0 atom stereocenters. The first-order chi connectivity index (χ1) is 14.4. The summed E-state index contributed by atoms with van der Waals surface area (Å²) in [5.41, 5.74) is 2.63. The van der Waals surface area contributed by atoms with Crippen LogP contribution in [0.15, 0.2) is 60.7 Å². The maximum Gasteiger partial charge on any atom is 0.269 e. The third-order valence-electron chi connectivity index (χ3n) is 4.17. The summed E-state index contributed by atoms with van der Waals surface area (Å²) in [5.74, 6) is 0.688. The Hall–Kier alpha value is -2.60. The van der Waals surface area contributed by atoms with Gasteiger partial charge >= 0.3 is 0 Å². The van der Waals surface area contributed by atoms with Crippen LogP contribution in [0.2, 0.25) is 10.0 Å². The van der Waals surface area contributed by atoms with Gasteiger partial charge in [-0.15, -0.1) is 0 Å². The van der Waals surface area contributed by atoms with E-state index < -0.39 is 4.92 Å². The molecule has 0 saturated heterocycles. The summed E-state index contributed by atoms with van der Waals surface area (Å²) in [4.78, 5) is 10.3. The van der Waals surface area contributed by atoms with Crippen molar-refractivity contribution in [3.63, 3.8) is 0 Å². The van der Waals surface area contributed by atoms with Gasteiger partial charge in [0.05, 0.1) is 20.1 Å². The van der Waals surface area contributed by atoms with Gasteiger partial charge in [0.25, 0.3) is 5.69 Å². The van der Waals surface area contributed by atoms with Crippen molar-refractivity contribution in [3.8, 4) is 11.8 Å². The van der Waals surface area contributed by atoms with Gasteiger partial charge in [-0.25, -0.2) is 0 Å². The Labute approximate surface area is 196 Å². The molecule has 0 fully saturated rings. The number of hydrogen-bond donors (Lipinski definition) is 0. The Kier molecular flexibility index (Phi) is 7.32. The second kappa shape index (κ2) is 9.94. The van der Waals surface area contributed by atoms with Crippen LogP contribution in [0, 0.1) is 25.0 Å². The molecule has 0 aromatic heterocycles. The van der Waals surface area contributed by atoms with E-state index >= 15 is 0 Å². The highest BCUT2D eigenvalue weighted by Gasteiger charge is 2.09. The molecule has 0 spiro atoms. The molecular formula is C22H13Cl2IN2O3. The van der Waals surface area contributed by atoms with Crippen LogP contribution in [-0.2, 0) is 6.61 Å². The van der Waals surface area contributed by atoms with Crippen molar-refractivity contribution in [3.05, 3.63) is 101 Å². The molecule has 30 heavy (non-hydrogen) atoms. The number of rotatable bonds is 6. The molecule has 150 valence electrons. The molecule has 0 heterocycles. The minimum absolute atomic E-state index is 0.0205. The molecule has 0 bridgehead atoms. The Balaban J connectivity index is 1.77. The number of nitro benzene ring substituents is 1. The third kappa shape index (κ3) is 5.51. The molecule has 0 N–H and O–H groups in total. The van der Waals surface area contributed by atoms with Gasteiger partial charge in [0.1, 0.15) is 12.4 Å². The van der Waals surface area contributed by atoms with Crippen LogP contribution < -0.4 is 4.74 Å². The fourth-order valence-corrected chi connectivity index (χ4v) is 3.79. The molecule has 0 aliphatic rings. The number of allylic oxidation sites excluding steroid dienone is 1. The van der Waals surface area contributed by atoms with E-state index in [9.17, 15) is 15.4 Å². The number of nitrogens with zero attached hydrogens (tertiary/aromatic N) is 2. The highest BCUT2D eigenvalue weighted by atomic mass is 127. The summed E-state index contributed by atoms with van der Waals surface area (Å²) in [6.45, 7) is 0.299. The van der Waals surface area contributed by atoms with Gasteiger partial charge in [0.15, 0.2) is 0 Å². The minimum atomic E-state index is -0.474. The number of nitro groups is 1. The molecule has 3 aromatic carbocycles. The van der Waals surface area contributed by atoms with E-state index in [1.165, 1.54) is 12.1 Å². The first-order valence-electron chi connectivity index (χ1n) is 8.60. The molecule has 0 radical (unpaired) electrons. The Morgan fingerprint density at radius 2 is 1.87 bits per heavy atom. The fourth-order valence-electron chi connectivity index (χ4n) is 2.63. The zero-order valence-corrected chi connectivity index (χ0v) is 19.0. The number of halogens is 3. The van der Waals surface area contributed by atoms with Crippen LogP contribution in [0.1, 0.15) is 16.7 Å². The highest BCUT2D eigenvalue weighted by molar-refractivity contribution is 14.1. The largest absolute Gasteiger partial charge is 0.488 e. The summed E-state index contributed by atoms with van der Waals surface area (Å²) in [5, 5.41) is 21.4. The maximum absolute atomic E-state index is 10.8. The Bertz CT molecular complexity index is 1170. The van der Waals surface area contributed by atoms with Crippen molar-refractivity contribution < 1.29 is 9.66 Å². The lowest BCUT2D eigenvalue weighted by atomic mass is 10.0. The maximum atomic E-state index is 10.8. The average molecular weight is 551 g/mol. The lowest BCUT2D eigenvalue weighted by Gasteiger charge is -2.10. The number of non-ortho nitro benzene ring substituents is 1. The van der Waals surface area contributed by atoms with Crippen LogP contribution in [-0.4, -0.2) is 4.92 Å². The van der Waals surface area contributed by atoms with Gasteiger partial charge < -0.3 is 4.74 Å². The van der Waals surface area contributed by atoms with Crippen molar-refractivity contribution in [1.82, 2.24) is 0 Å². The quantitative estimate of drug-likeness (QED) is 0.107. The molecule has 5 nitrogen and oxygen atoms in total. The van der Waals surface area contributed by atoms with E-state index in [2.05, 4.69) is 28.7 Å². The summed E-state index contributed by atoms with van der Waals surface area (Å²) >= 11 is 14.3. The van der Waals surface area contributed by atoms with Gasteiger partial charge in [0.2, 0.25) is 0 Å². The highest BCUT2D eigenvalue weighted by Crippen LogP contribution is 2.28. The SMILES string of the molecule is N#C/C(=C/c1ccc(OCc2ccc(Cl)cc2Cl)c(I)c1)c1ccc([N+](=O)[O-])cc1. The lowest BCUT2D eigenvalue weighted by Crippen LogP contribution is -1.98. The van der Waals surface area contributed by atoms with E-state index in [4.69, 9.17) is 27.9 Å². The van der Waals surface area contributed by atoms with Crippen molar-refractivity contribution in [2.75, 3.05) is 0 Å². The van der Waals surface area contributed by atoms with Crippen molar-refractivity contribution in [1.29, 1.82) is 5.26 Å². The average Bonchev–Trinajstić information content (AvgIpc) is 2.72. The van der Waals surface area contributed by atoms with Gasteiger partial charge in [-0.2, -0.15) is 5.26 Å². The molecule has 0 aliphatic heterocycles. The van der Waals surface area contributed by atoms with E-state index in [1.54, 1.807) is 30.3 Å². The summed E-state index contributed by atoms with van der Waals surface area (Å²) in [6.07, 6.45) is 1.73. The van der Waals surface area contributed by atoms with Gasteiger partial charge in [-0.05, 0) is 76.2 Å². The molecule has 0 aliphatic carbocycles. The topological polar surface area (TPSA) is 76.2 Å². The molecule has 3 aromatic rings. The van der Waals surface area contributed by atoms with Crippen LogP contribution in [0.4, 0.5) is 5.69 Å².